The molecule has 10 atom stereocenters. The minimum Gasteiger partial charge on any atom is -0.382 e. The summed E-state index contributed by atoms with van der Waals surface area (Å²) in [4.78, 5) is 0. The molecule has 49 heavy (non-hydrogen) atoms. The number of hydrogen-bond donors (Lipinski definition) is 0. The van der Waals surface area contributed by atoms with Crippen molar-refractivity contribution < 1.29 is 52.1 Å². The zero-order valence-corrected chi connectivity index (χ0v) is 29.0. The molecule has 268 valence electrons. The smallest absolute Gasteiger partial charge is 0.187 e. The van der Waals surface area contributed by atoms with Crippen LogP contribution in [-0.4, -0.2) is 110 Å². The molecule has 3 aromatic rings. The van der Waals surface area contributed by atoms with E-state index < -0.39 is 61.4 Å². The highest BCUT2D eigenvalue weighted by Gasteiger charge is 2.51. The normalized spacial score (nSPS) is 30.3. The average molecular weight is 683 g/mol. The Morgan fingerprint density at radius 2 is 0.857 bits per heavy atom. The summed E-state index contributed by atoms with van der Waals surface area (Å²) in [6.45, 7) is 1.32. The number of benzene rings is 3. The molecule has 3 aromatic carbocycles. The summed E-state index contributed by atoms with van der Waals surface area (Å²) in [5.74, 6) is 0. The molecule has 2 saturated heterocycles. The molecule has 0 aliphatic carbocycles. The van der Waals surface area contributed by atoms with E-state index in [1.165, 1.54) is 0 Å². The molecule has 2 heterocycles. The molecule has 2 fully saturated rings. The zero-order valence-electron chi connectivity index (χ0n) is 29.0. The van der Waals surface area contributed by atoms with E-state index in [1.807, 2.05) is 91.0 Å². The molecule has 0 amide bonds. The van der Waals surface area contributed by atoms with Gasteiger partial charge in [0.05, 0.1) is 33.0 Å². The lowest BCUT2D eigenvalue weighted by molar-refractivity contribution is -0.345. The van der Waals surface area contributed by atoms with Gasteiger partial charge in [0.15, 0.2) is 12.6 Å². The summed E-state index contributed by atoms with van der Waals surface area (Å²) in [7, 11) is 8.01. The van der Waals surface area contributed by atoms with Gasteiger partial charge >= 0.3 is 0 Å². The molecule has 11 nitrogen and oxygen atoms in total. The molecule has 0 N–H and O–H groups in total. The largest absolute Gasteiger partial charge is 0.382 e. The summed E-state index contributed by atoms with van der Waals surface area (Å²) in [6.07, 6.45) is -6.07. The Morgan fingerprint density at radius 1 is 0.408 bits per heavy atom. The number of rotatable bonds is 18. The first-order chi connectivity index (χ1) is 24.1. The summed E-state index contributed by atoms with van der Waals surface area (Å²) < 4.78 is 68.1. The number of hydrogen-bond acceptors (Lipinski definition) is 11. The van der Waals surface area contributed by atoms with Crippen LogP contribution in [0.3, 0.4) is 0 Å². The van der Waals surface area contributed by atoms with Gasteiger partial charge in [-0.25, -0.2) is 0 Å². The van der Waals surface area contributed by atoms with E-state index in [0.29, 0.717) is 19.8 Å². The quantitative estimate of drug-likeness (QED) is 0.189. The summed E-state index contributed by atoms with van der Waals surface area (Å²) >= 11 is 0. The third kappa shape index (κ3) is 9.93. The lowest BCUT2D eigenvalue weighted by atomic mass is 9.97. The van der Waals surface area contributed by atoms with Crippen molar-refractivity contribution in [1.82, 2.24) is 0 Å². The third-order valence-corrected chi connectivity index (χ3v) is 8.84. The van der Waals surface area contributed by atoms with Crippen LogP contribution in [0.5, 0.6) is 0 Å². The molecule has 1 unspecified atom stereocenters. The Hall–Kier alpha value is -2.78. The highest BCUT2D eigenvalue weighted by atomic mass is 16.7. The van der Waals surface area contributed by atoms with E-state index >= 15 is 0 Å². The van der Waals surface area contributed by atoms with Gasteiger partial charge in [-0.15, -0.1) is 0 Å². The van der Waals surface area contributed by atoms with Crippen molar-refractivity contribution in [3.63, 3.8) is 0 Å². The fourth-order valence-electron chi connectivity index (χ4n) is 6.37. The maximum atomic E-state index is 6.71. The molecule has 11 heteroatoms. The van der Waals surface area contributed by atoms with E-state index in [2.05, 4.69) is 0 Å². The van der Waals surface area contributed by atoms with Gasteiger partial charge in [-0.2, -0.15) is 0 Å². The van der Waals surface area contributed by atoms with Crippen molar-refractivity contribution in [1.29, 1.82) is 0 Å². The lowest BCUT2D eigenvalue weighted by Crippen LogP contribution is -2.63. The first-order valence-electron chi connectivity index (χ1n) is 16.6. The second kappa shape index (κ2) is 19.6. The predicted molar refractivity (Wildman–Crippen MR) is 180 cm³/mol. The van der Waals surface area contributed by atoms with Crippen LogP contribution in [0.1, 0.15) is 16.7 Å². The Bertz CT molecular complexity index is 1320. The van der Waals surface area contributed by atoms with Crippen LogP contribution in [0.25, 0.3) is 0 Å². The molecular formula is C38H50O11. The molecule has 0 spiro atoms. The van der Waals surface area contributed by atoms with E-state index in [9.17, 15) is 0 Å². The van der Waals surface area contributed by atoms with Gasteiger partial charge in [-0.3, -0.25) is 0 Å². The monoisotopic (exact) mass is 682 g/mol. The van der Waals surface area contributed by atoms with Gasteiger partial charge in [0, 0.05) is 35.5 Å². The molecule has 0 aromatic heterocycles. The topological polar surface area (TPSA) is 102 Å². The SMILES string of the molecule is COC[C@H]1OC(OC[C@H]2O[C@H](OC)[C@H](OCc3ccccc3)[C@@H](OCc3ccccc3)[C@@H]2OCc2ccccc2)[C@H](OC)[C@@H](OC)[C@@H]1OC. The Balaban J connectivity index is 1.42. The molecule has 2 aliphatic heterocycles. The van der Waals surface area contributed by atoms with Gasteiger partial charge < -0.3 is 52.1 Å². The van der Waals surface area contributed by atoms with Gasteiger partial charge in [0.1, 0.15) is 48.8 Å². The third-order valence-electron chi connectivity index (χ3n) is 8.84. The van der Waals surface area contributed by atoms with Crippen LogP contribution in [0, 0.1) is 0 Å². The first kappa shape index (κ1) is 37.5. The van der Waals surface area contributed by atoms with Crippen molar-refractivity contribution in [3.8, 4) is 0 Å². The van der Waals surface area contributed by atoms with Crippen LogP contribution < -0.4 is 0 Å². The van der Waals surface area contributed by atoms with Gasteiger partial charge in [-0.05, 0) is 16.7 Å². The van der Waals surface area contributed by atoms with Gasteiger partial charge in [-0.1, -0.05) is 91.0 Å². The average Bonchev–Trinajstić information content (AvgIpc) is 3.15. The molecular weight excluding hydrogens is 632 g/mol. The predicted octanol–water partition coefficient (Wildman–Crippen LogP) is 4.55. The fraction of sp³-hybridized carbons (Fsp3) is 0.526. The van der Waals surface area contributed by atoms with Crippen molar-refractivity contribution in [2.24, 2.45) is 0 Å². The fourth-order valence-corrected chi connectivity index (χ4v) is 6.37. The summed E-state index contributed by atoms with van der Waals surface area (Å²) in [5.41, 5.74) is 3.03. The minimum absolute atomic E-state index is 0.0637. The second-order valence-corrected chi connectivity index (χ2v) is 12.0. The van der Waals surface area contributed by atoms with Crippen LogP contribution in [0.2, 0.25) is 0 Å². The van der Waals surface area contributed by atoms with Crippen molar-refractivity contribution in [2.75, 3.05) is 48.8 Å². The maximum Gasteiger partial charge on any atom is 0.187 e. The Morgan fingerprint density at radius 3 is 1.33 bits per heavy atom. The Kier molecular flexibility index (Phi) is 15.0. The van der Waals surface area contributed by atoms with E-state index in [4.69, 9.17) is 52.1 Å². The minimum atomic E-state index is -0.823. The van der Waals surface area contributed by atoms with Crippen molar-refractivity contribution >= 4 is 0 Å². The highest BCUT2D eigenvalue weighted by molar-refractivity contribution is 5.16. The van der Waals surface area contributed by atoms with E-state index in [0.717, 1.165) is 16.7 Å². The van der Waals surface area contributed by atoms with Crippen LogP contribution in [-0.2, 0) is 71.9 Å². The number of methoxy groups -OCH3 is 5. The second-order valence-electron chi connectivity index (χ2n) is 12.0. The van der Waals surface area contributed by atoms with Crippen LogP contribution in [0.4, 0.5) is 0 Å². The maximum absolute atomic E-state index is 6.71. The van der Waals surface area contributed by atoms with Crippen LogP contribution in [0.15, 0.2) is 91.0 Å². The van der Waals surface area contributed by atoms with Gasteiger partial charge in [0.25, 0.3) is 0 Å². The first-order valence-corrected chi connectivity index (χ1v) is 16.6. The van der Waals surface area contributed by atoms with Gasteiger partial charge in [0.2, 0.25) is 0 Å². The molecule has 0 saturated carbocycles. The highest BCUT2D eigenvalue weighted by Crippen LogP contribution is 2.33. The molecule has 5 rings (SSSR count). The zero-order chi connectivity index (χ0) is 34.4. The molecule has 2 aliphatic rings. The van der Waals surface area contributed by atoms with E-state index in [-0.39, 0.29) is 13.2 Å². The van der Waals surface area contributed by atoms with E-state index in [1.54, 1.807) is 35.5 Å². The molecule has 0 bridgehead atoms. The summed E-state index contributed by atoms with van der Waals surface area (Å²) in [6, 6.07) is 29.9. The van der Waals surface area contributed by atoms with Crippen molar-refractivity contribution in [2.45, 2.75) is 81.2 Å². The number of ether oxygens (including phenoxy) is 11. The molecule has 0 radical (unpaired) electrons. The summed E-state index contributed by atoms with van der Waals surface area (Å²) in [5, 5.41) is 0. The lowest BCUT2D eigenvalue weighted by Gasteiger charge is -2.47. The van der Waals surface area contributed by atoms with Crippen molar-refractivity contribution in [3.05, 3.63) is 108 Å². The standard InChI is InChI=1S/C38H50O11/c1-39-24-29-31(40-2)33(41-3)35(42-4)38(49-29)47-25-30-32(44-21-26-15-9-6-10-16-26)34(45-22-27-17-11-7-12-18-27)36(37(43-5)48-30)46-23-28-19-13-8-14-20-28/h6-20,29-38H,21-25H2,1-5H3/t29-,30-,31-,32-,33+,34+,35-,36-,37+,38?/m1/s1. The van der Waals surface area contributed by atoms with Crippen LogP contribution >= 0.6 is 0 Å². The Labute approximate surface area is 289 Å².